The van der Waals surface area contributed by atoms with Crippen molar-refractivity contribution in [3.8, 4) is 0 Å². The summed E-state index contributed by atoms with van der Waals surface area (Å²) >= 11 is 1.56. The fraction of sp³-hybridized carbons (Fsp3) is 0.562. The Labute approximate surface area is 139 Å². The molecule has 1 N–H and O–H groups in total. The molecule has 0 bridgehead atoms. The van der Waals surface area contributed by atoms with Gasteiger partial charge in [-0.15, -0.1) is 5.10 Å². The molecule has 3 heterocycles. The first kappa shape index (κ1) is 16.1. The van der Waals surface area contributed by atoms with Crippen LogP contribution in [0.2, 0.25) is 0 Å². The van der Waals surface area contributed by atoms with Gasteiger partial charge in [-0.25, -0.2) is 0 Å². The van der Waals surface area contributed by atoms with Gasteiger partial charge in [-0.05, 0) is 43.0 Å². The Hall–Kier alpha value is -1.73. The molecule has 0 radical (unpaired) electrons. The van der Waals surface area contributed by atoms with Crippen LogP contribution >= 0.6 is 11.3 Å². The third-order valence-corrected chi connectivity index (χ3v) is 4.88. The quantitative estimate of drug-likeness (QED) is 0.875. The average molecular weight is 334 g/mol. The van der Waals surface area contributed by atoms with Crippen molar-refractivity contribution in [2.24, 2.45) is 5.92 Å². The standard InChI is InChI=1S/C16H22N4O2S/c21-7-2-4-15-11-20(18-17-15)10-13-3-1-6-19(9-13)16(22)14-5-8-23-12-14/h5,8,11-13,21H,1-4,6-7,9-10H2. The van der Waals surface area contributed by atoms with Gasteiger partial charge in [0.25, 0.3) is 5.91 Å². The van der Waals surface area contributed by atoms with E-state index in [1.807, 2.05) is 32.6 Å². The molecule has 1 aliphatic rings. The molecule has 0 aliphatic carbocycles. The Morgan fingerprint density at radius 2 is 2.39 bits per heavy atom. The van der Waals surface area contributed by atoms with E-state index in [1.165, 1.54) is 0 Å². The maximum atomic E-state index is 12.5. The highest BCUT2D eigenvalue weighted by atomic mass is 32.1. The lowest BCUT2D eigenvalue weighted by Crippen LogP contribution is -2.41. The van der Waals surface area contributed by atoms with Gasteiger partial charge in [0.2, 0.25) is 0 Å². The lowest BCUT2D eigenvalue weighted by molar-refractivity contribution is 0.0660. The van der Waals surface area contributed by atoms with E-state index in [0.29, 0.717) is 12.3 Å². The van der Waals surface area contributed by atoms with E-state index >= 15 is 0 Å². The molecule has 7 heteroatoms. The SMILES string of the molecule is O=C(c1ccsc1)N1CCCC(Cn2cc(CCCO)nn2)C1. The van der Waals surface area contributed by atoms with Gasteiger partial charge in [0, 0.05) is 37.8 Å². The van der Waals surface area contributed by atoms with Crippen molar-refractivity contribution in [3.05, 3.63) is 34.3 Å². The highest BCUT2D eigenvalue weighted by Crippen LogP contribution is 2.21. The summed E-state index contributed by atoms with van der Waals surface area (Å²) in [5.74, 6) is 0.553. The second-order valence-electron chi connectivity index (χ2n) is 6.03. The van der Waals surface area contributed by atoms with Crippen molar-refractivity contribution < 1.29 is 9.90 Å². The van der Waals surface area contributed by atoms with Crippen LogP contribution in [0.5, 0.6) is 0 Å². The number of aromatic nitrogens is 3. The van der Waals surface area contributed by atoms with Crippen LogP contribution in [0, 0.1) is 5.92 Å². The molecule has 1 amide bonds. The second kappa shape index (κ2) is 7.70. The van der Waals surface area contributed by atoms with Crippen molar-refractivity contribution in [2.75, 3.05) is 19.7 Å². The zero-order chi connectivity index (χ0) is 16.1. The molecule has 2 aromatic rings. The van der Waals surface area contributed by atoms with Crippen molar-refractivity contribution in [1.29, 1.82) is 0 Å². The first-order valence-electron chi connectivity index (χ1n) is 8.07. The van der Waals surface area contributed by atoms with Crippen molar-refractivity contribution in [3.63, 3.8) is 0 Å². The predicted octanol–water partition coefficient (Wildman–Crippen LogP) is 1.82. The smallest absolute Gasteiger partial charge is 0.254 e. The van der Waals surface area contributed by atoms with Gasteiger partial charge in [-0.3, -0.25) is 9.48 Å². The van der Waals surface area contributed by atoms with Crippen molar-refractivity contribution >= 4 is 17.2 Å². The first-order chi connectivity index (χ1) is 11.3. The van der Waals surface area contributed by atoms with Crippen LogP contribution in [0.1, 0.15) is 35.3 Å². The minimum absolute atomic E-state index is 0.137. The fourth-order valence-corrected chi connectivity index (χ4v) is 3.66. The Morgan fingerprint density at radius 1 is 1.48 bits per heavy atom. The molecule has 1 fully saturated rings. The molecule has 23 heavy (non-hydrogen) atoms. The van der Waals surface area contributed by atoms with E-state index in [-0.39, 0.29) is 12.5 Å². The number of nitrogens with zero attached hydrogens (tertiary/aromatic N) is 4. The van der Waals surface area contributed by atoms with Crippen LogP contribution in [0.25, 0.3) is 0 Å². The number of aryl methyl sites for hydroxylation is 1. The van der Waals surface area contributed by atoms with Gasteiger partial charge >= 0.3 is 0 Å². The lowest BCUT2D eigenvalue weighted by atomic mass is 9.97. The molecule has 1 saturated heterocycles. The van der Waals surface area contributed by atoms with E-state index in [4.69, 9.17) is 5.11 Å². The fourth-order valence-electron chi connectivity index (χ4n) is 3.03. The largest absolute Gasteiger partial charge is 0.396 e. The van der Waals surface area contributed by atoms with Crippen LogP contribution in [0.4, 0.5) is 0 Å². The number of likely N-dealkylation sites (tertiary alicyclic amines) is 1. The molecular weight excluding hydrogens is 312 g/mol. The van der Waals surface area contributed by atoms with Gasteiger partial charge < -0.3 is 10.0 Å². The Bertz CT molecular complexity index is 626. The zero-order valence-corrected chi connectivity index (χ0v) is 13.9. The third kappa shape index (κ3) is 4.17. The summed E-state index contributed by atoms with van der Waals surface area (Å²) in [5.41, 5.74) is 1.71. The maximum absolute atomic E-state index is 12.5. The number of hydrogen-bond donors (Lipinski definition) is 1. The minimum atomic E-state index is 0.137. The van der Waals surface area contributed by atoms with Gasteiger partial charge in [-0.1, -0.05) is 5.21 Å². The lowest BCUT2D eigenvalue weighted by Gasteiger charge is -2.32. The van der Waals surface area contributed by atoms with E-state index in [9.17, 15) is 4.79 Å². The molecule has 0 saturated carbocycles. The monoisotopic (exact) mass is 334 g/mol. The van der Waals surface area contributed by atoms with E-state index in [1.54, 1.807) is 11.3 Å². The Kier molecular flexibility index (Phi) is 5.40. The highest BCUT2D eigenvalue weighted by molar-refractivity contribution is 7.08. The van der Waals surface area contributed by atoms with Crippen LogP contribution < -0.4 is 0 Å². The number of piperidine rings is 1. The van der Waals surface area contributed by atoms with Gasteiger partial charge in [0.1, 0.15) is 0 Å². The van der Waals surface area contributed by atoms with E-state index in [0.717, 1.165) is 50.2 Å². The number of aliphatic hydroxyl groups excluding tert-OH is 1. The van der Waals surface area contributed by atoms with E-state index in [2.05, 4.69) is 10.3 Å². The van der Waals surface area contributed by atoms with Crippen molar-refractivity contribution in [1.82, 2.24) is 19.9 Å². The zero-order valence-electron chi connectivity index (χ0n) is 13.1. The molecule has 6 nitrogen and oxygen atoms in total. The maximum Gasteiger partial charge on any atom is 0.254 e. The van der Waals surface area contributed by atoms with Crippen LogP contribution in [-0.2, 0) is 13.0 Å². The second-order valence-corrected chi connectivity index (χ2v) is 6.81. The summed E-state index contributed by atoms with van der Waals surface area (Å²) in [6.07, 6.45) is 5.57. The van der Waals surface area contributed by atoms with Crippen LogP contribution in [-0.4, -0.2) is 50.6 Å². The molecular formula is C16H22N4O2S. The van der Waals surface area contributed by atoms with E-state index < -0.39 is 0 Å². The molecule has 3 rings (SSSR count). The summed E-state index contributed by atoms with van der Waals surface area (Å²) in [6.45, 7) is 2.58. The molecule has 0 aromatic carbocycles. The average Bonchev–Trinajstić information content (AvgIpc) is 3.24. The molecule has 1 aliphatic heterocycles. The summed E-state index contributed by atoms with van der Waals surface area (Å²) < 4.78 is 1.87. The number of carbonyl (C=O) groups is 1. The number of rotatable bonds is 6. The van der Waals surface area contributed by atoms with Gasteiger partial charge in [-0.2, -0.15) is 11.3 Å². The highest BCUT2D eigenvalue weighted by Gasteiger charge is 2.25. The topological polar surface area (TPSA) is 71.2 Å². The van der Waals surface area contributed by atoms with Crippen LogP contribution in [0.15, 0.2) is 23.0 Å². The van der Waals surface area contributed by atoms with Gasteiger partial charge in [0.05, 0.1) is 11.3 Å². The van der Waals surface area contributed by atoms with Crippen LogP contribution in [0.3, 0.4) is 0 Å². The number of amides is 1. The molecule has 1 unspecified atom stereocenters. The summed E-state index contributed by atoms with van der Waals surface area (Å²) in [7, 11) is 0. The first-order valence-corrected chi connectivity index (χ1v) is 9.02. The number of hydrogen-bond acceptors (Lipinski definition) is 5. The summed E-state index contributed by atoms with van der Waals surface area (Å²) in [6, 6.07) is 1.89. The number of carbonyl (C=O) groups excluding carboxylic acids is 1. The number of aliphatic hydroxyl groups is 1. The summed E-state index contributed by atoms with van der Waals surface area (Å²) in [5, 5.41) is 21.0. The minimum Gasteiger partial charge on any atom is -0.396 e. The number of thiophene rings is 1. The van der Waals surface area contributed by atoms with Gasteiger partial charge in [0.15, 0.2) is 0 Å². The molecule has 124 valence electrons. The molecule has 0 spiro atoms. The Balaban J connectivity index is 1.56. The third-order valence-electron chi connectivity index (χ3n) is 4.20. The predicted molar refractivity (Wildman–Crippen MR) is 88.4 cm³/mol. The van der Waals surface area contributed by atoms with Crippen molar-refractivity contribution in [2.45, 2.75) is 32.2 Å². The molecule has 1 atom stereocenters. The molecule has 2 aromatic heterocycles. The summed E-state index contributed by atoms with van der Waals surface area (Å²) in [4.78, 5) is 14.4. The Morgan fingerprint density at radius 3 is 3.17 bits per heavy atom. The normalized spacial score (nSPS) is 18.3.